The van der Waals surface area contributed by atoms with Crippen LogP contribution in [-0.2, 0) is 14.8 Å². The van der Waals surface area contributed by atoms with Crippen LogP contribution in [0, 0.1) is 0 Å². The number of rotatable bonds is 7. The second-order valence-electron chi connectivity index (χ2n) is 6.98. The highest BCUT2D eigenvalue weighted by Gasteiger charge is 2.24. The van der Waals surface area contributed by atoms with E-state index in [0.717, 1.165) is 23.0 Å². The quantitative estimate of drug-likeness (QED) is 0.725. The van der Waals surface area contributed by atoms with Crippen LogP contribution in [0.1, 0.15) is 22.0 Å². The van der Waals surface area contributed by atoms with E-state index in [1.54, 1.807) is 24.5 Å². The Bertz CT molecular complexity index is 929. The van der Waals surface area contributed by atoms with Gasteiger partial charge in [-0.2, -0.15) is 0 Å². The van der Waals surface area contributed by atoms with Crippen molar-refractivity contribution in [3.05, 3.63) is 59.9 Å². The maximum absolute atomic E-state index is 12.7. The van der Waals surface area contributed by atoms with Crippen molar-refractivity contribution in [2.75, 3.05) is 46.9 Å². The molecule has 1 aliphatic heterocycles. The normalized spacial score (nSPS) is 16.5. The second-order valence-corrected chi connectivity index (χ2v) is 9.13. The lowest BCUT2D eigenvalue weighted by Gasteiger charge is -2.34. The molecule has 2 aromatic rings. The number of carbonyl (C=O) groups is 1. The van der Waals surface area contributed by atoms with Gasteiger partial charge in [0, 0.05) is 51.7 Å². The number of benzene rings is 1. The van der Waals surface area contributed by atoms with E-state index in [0.29, 0.717) is 25.3 Å². The minimum Gasteiger partial charge on any atom is -0.379 e. The molecule has 3 rings (SSSR count). The lowest BCUT2D eigenvalue weighted by molar-refractivity contribution is 0.0161. The molecule has 29 heavy (non-hydrogen) atoms. The molecular formula is C20H26N4O4S. The SMILES string of the molecule is CN(C)S(=O)(=O)c1cccc(C(=O)NC[C@@H](c2cccnc2)N2CCOCC2)c1. The summed E-state index contributed by atoms with van der Waals surface area (Å²) in [6, 6.07) is 9.90. The Kier molecular flexibility index (Phi) is 6.96. The number of ether oxygens (including phenoxy) is 1. The maximum atomic E-state index is 12.7. The van der Waals surface area contributed by atoms with Crippen molar-refractivity contribution in [1.82, 2.24) is 19.5 Å². The summed E-state index contributed by atoms with van der Waals surface area (Å²) in [5.74, 6) is -0.317. The lowest BCUT2D eigenvalue weighted by atomic mass is 10.1. The third-order valence-electron chi connectivity index (χ3n) is 4.89. The fourth-order valence-corrected chi connectivity index (χ4v) is 4.17. The molecule has 156 valence electrons. The number of sulfonamides is 1. The smallest absolute Gasteiger partial charge is 0.251 e. The largest absolute Gasteiger partial charge is 0.379 e. The van der Waals surface area contributed by atoms with Gasteiger partial charge >= 0.3 is 0 Å². The molecule has 1 aliphatic rings. The van der Waals surface area contributed by atoms with Crippen molar-refractivity contribution in [3.63, 3.8) is 0 Å². The van der Waals surface area contributed by atoms with E-state index in [2.05, 4.69) is 15.2 Å². The maximum Gasteiger partial charge on any atom is 0.251 e. The molecule has 0 saturated carbocycles. The number of nitrogens with one attached hydrogen (secondary N) is 1. The molecule has 2 heterocycles. The molecule has 1 aromatic heterocycles. The van der Waals surface area contributed by atoms with Crippen molar-refractivity contribution >= 4 is 15.9 Å². The van der Waals surface area contributed by atoms with Gasteiger partial charge in [-0.1, -0.05) is 12.1 Å². The Morgan fingerprint density at radius 1 is 1.24 bits per heavy atom. The lowest BCUT2D eigenvalue weighted by Crippen LogP contribution is -2.43. The van der Waals surface area contributed by atoms with Crippen LogP contribution < -0.4 is 5.32 Å². The molecule has 0 spiro atoms. The van der Waals surface area contributed by atoms with Crippen LogP contribution in [0.15, 0.2) is 53.7 Å². The van der Waals surface area contributed by atoms with Crippen LogP contribution >= 0.6 is 0 Å². The number of hydrogen-bond acceptors (Lipinski definition) is 6. The first-order chi connectivity index (χ1) is 13.9. The minimum absolute atomic E-state index is 0.0368. The number of carbonyl (C=O) groups excluding carboxylic acids is 1. The molecule has 1 N–H and O–H groups in total. The Labute approximate surface area is 171 Å². The average molecular weight is 419 g/mol. The van der Waals surface area contributed by atoms with E-state index in [1.807, 2.05) is 12.1 Å². The first-order valence-corrected chi connectivity index (χ1v) is 10.9. The molecule has 1 amide bonds. The minimum atomic E-state index is -3.60. The van der Waals surface area contributed by atoms with Crippen LogP contribution in [0.2, 0.25) is 0 Å². The van der Waals surface area contributed by atoms with Crippen molar-refractivity contribution in [1.29, 1.82) is 0 Å². The van der Waals surface area contributed by atoms with Crippen LogP contribution in [0.4, 0.5) is 0 Å². The van der Waals surface area contributed by atoms with Gasteiger partial charge in [-0.3, -0.25) is 14.7 Å². The van der Waals surface area contributed by atoms with E-state index in [9.17, 15) is 13.2 Å². The number of pyridine rings is 1. The Morgan fingerprint density at radius 2 is 2.00 bits per heavy atom. The van der Waals surface area contributed by atoms with Crippen LogP contribution in [0.5, 0.6) is 0 Å². The van der Waals surface area contributed by atoms with Gasteiger partial charge in [-0.15, -0.1) is 0 Å². The zero-order chi connectivity index (χ0) is 20.9. The standard InChI is InChI=1S/C20H26N4O4S/c1-23(2)29(26,27)18-7-3-5-16(13-18)20(25)22-15-19(17-6-4-8-21-14-17)24-9-11-28-12-10-24/h3-8,13-14,19H,9-12,15H2,1-2H3,(H,22,25)/t19-/m0/s1. The van der Waals surface area contributed by atoms with E-state index in [4.69, 9.17) is 4.74 Å². The number of amides is 1. The monoisotopic (exact) mass is 418 g/mol. The summed E-state index contributed by atoms with van der Waals surface area (Å²) in [6.45, 7) is 3.22. The average Bonchev–Trinajstić information content (AvgIpc) is 2.75. The highest BCUT2D eigenvalue weighted by atomic mass is 32.2. The molecule has 0 radical (unpaired) electrons. The predicted octanol–water partition coefficient (Wildman–Crippen LogP) is 1.14. The predicted molar refractivity (Wildman–Crippen MR) is 109 cm³/mol. The van der Waals surface area contributed by atoms with Crippen LogP contribution in [-0.4, -0.2) is 75.5 Å². The van der Waals surface area contributed by atoms with Crippen molar-refractivity contribution in [2.45, 2.75) is 10.9 Å². The number of hydrogen-bond donors (Lipinski definition) is 1. The van der Waals surface area contributed by atoms with Gasteiger partial charge < -0.3 is 10.1 Å². The summed E-state index contributed by atoms with van der Waals surface area (Å²) in [7, 11) is -0.679. The fraction of sp³-hybridized carbons (Fsp3) is 0.400. The van der Waals surface area contributed by atoms with Gasteiger partial charge in [0.1, 0.15) is 0 Å². The van der Waals surface area contributed by atoms with Gasteiger partial charge in [0.15, 0.2) is 0 Å². The van der Waals surface area contributed by atoms with Crippen LogP contribution in [0.3, 0.4) is 0 Å². The summed E-state index contributed by atoms with van der Waals surface area (Å²) in [6.07, 6.45) is 3.52. The topological polar surface area (TPSA) is 91.8 Å². The van der Waals surface area contributed by atoms with Crippen molar-refractivity contribution in [2.24, 2.45) is 0 Å². The highest BCUT2D eigenvalue weighted by molar-refractivity contribution is 7.89. The van der Waals surface area contributed by atoms with Gasteiger partial charge in [-0.25, -0.2) is 12.7 Å². The molecule has 0 bridgehead atoms. The zero-order valence-corrected chi connectivity index (χ0v) is 17.4. The first kappa shape index (κ1) is 21.4. The Morgan fingerprint density at radius 3 is 2.66 bits per heavy atom. The number of aromatic nitrogens is 1. The summed E-state index contributed by atoms with van der Waals surface area (Å²) >= 11 is 0. The molecule has 9 heteroatoms. The van der Waals surface area contributed by atoms with E-state index >= 15 is 0 Å². The summed E-state index contributed by atoms with van der Waals surface area (Å²) in [5.41, 5.74) is 1.32. The molecule has 1 atom stereocenters. The summed E-state index contributed by atoms with van der Waals surface area (Å²) in [5, 5.41) is 2.95. The van der Waals surface area contributed by atoms with Gasteiger partial charge in [0.25, 0.3) is 5.91 Å². The van der Waals surface area contributed by atoms with Gasteiger partial charge in [-0.05, 0) is 29.8 Å². The fourth-order valence-electron chi connectivity index (χ4n) is 3.22. The van der Waals surface area contributed by atoms with Crippen molar-refractivity contribution < 1.29 is 17.9 Å². The molecule has 1 fully saturated rings. The molecular weight excluding hydrogens is 392 g/mol. The Balaban J connectivity index is 1.75. The second kappa shape index (κ2) is 9.45. The van der Waals surface area contributed by atoms with E-state index < -0.39 is 10.0 Å². The Hall–Kier alpha value is -2.33. The van der Waals surface area contributed by atoms with Crippen LogP contribution in [0.25, 0.3) is 0 Å². The summed E-state index contributed by atoms with van der Waals surface area (Å²) < 4.78 is 31.2. The van der Waals surface area contributed by atoms with E-state index in [1.165, 1.54) is 26.2 Å². The highest BCUT2D eigenvalue weighted by Crippen LogP contribution is 2.21. The van der Waals surface area contributed by atoms with Gasteiger partial charge in [0.05, 0.1) is 24.2 Å². The molecule has 1 saturated heterocycles. The molecule has 8 nitrogen and oxygen atoms in total. The summed E-state index contributed by atoms with van der Waals surface area (Å²) in [4.78, 5) is 19.3. The van der Waals surface area contributed by atoms with Crippen molar-refractivity contribution in [3.8, 4) is 0 Å². The molecule has 1 aromatic carbocycles. The third-order valence-corrected chi connectivity index (χ3v) is 6.70. The van der Waals surface area contributed by atoms with Gasteiger partial charge in [0.2, 0.25) is 10.0 Å². The number of nitrogens with zero attached hydrogens (tertiary/aromatic N) is 3. The number of morpholine rings is 1. The first-order valence-electron chi connectivity index (χ1n) is 9.42. The molecule has 0 aliphatic carbocycles. The third kappa shape index (κ3) is 5.18. The molecule has 0 unspecified atom stereocenters. The van der Waals surface area contributed by atoms with E-state index in [-0.39, 0.29) is 16.8 Å². The zero-order valence-electron chi connectivity index (χ0n) is 16.6.